The molecule has 0 saturated heterocycles. The van der Waals surface area contributed by atoms with Crippen LogP contribution in [-0.4, -0.2) is 6.09 Å². The third kappa shape index (κ3) is 1.12. The first kappa shape index (κ1) is 7.43. The van der Waals surface area contributed by atoms with Crippen molar-refractivity contribution in [3.8, 4) is 5.75 Å². The molecule has 0 aromatic heterocycles. The van der Waals surface area contributed by atoms with Gasteiger partial charge in [0.25, 0.3) is 0 Å². The number of rotatable bonds is 0. The number of benzene rings is 1. The molecule has 0 aliphatic carbocycles. The molecular formula is C8H6ClNO2. The van der Waals surface area contributed by atoms with Gasteiger partial charge in [0.1, 0.15) is 0 Å². The Bertz CT molecular complexity index is 338. The molecule has 1 aromatic carbocycles. The summed E-state index contributed by atoms with van der Waals surface area (Å²) in [5.74, 6) is 0.475. The number of carbonyl (C=O) groups excluding carboxylic acids is 1. The van der Waals surface area contributed by atoms with E-state index >= 15 is 0 Å². The molecular weight excluding hydrogens is 178 g/mol. The molecule has 3 nitrogen and oxygen atoms in total. The van der Waals surface area contributed by atoms with Gasteiger partial charge in [-0.1, -0.05) is 23.7 Å². The van der Waals surface area contributed by atoms with Gasteiger partial charge < -0.3 is 10.1 Å². The Kier molecular flexibility index (Phi) is 1.66. The summed E-state index contributed by atoms with van der Waals surface area (Å²) >= 11 is 5.80. The highest BCUT2D eigenvalue weighted by atomic mass is 35.5. The van der Waals surface area contributed by atoms with E-state index in [2.05, 4.69) is 5.32 Å². The van der Waals surface area contributed by atoms with Crippen molar-refractivity contribution in [3.63, 3.8) is 0 Å². The lowest BCUT2D eigenvalue weighted by atomic mass is 10.2. The molecule has 0 unspecified atom stereocenters. The van der Waals surface area contributed by atoms with E-state index in [1.165, 1.54) is 0 Å². The summed E-state index contributed by atoms with van der Waals surface area (Å²) in [7, 11) is 0. The second-order valence-corrected chi connectivity index (χ2v) is 2.88. The van der Waals surface area contributed by atoms with E-state index < -0.39 is 6.09 Å². The highest BCUT2D eigenvalue weighted by Crippen LogP contribution is 2.30. The average Bonchev–Trinajstić information content (AvgIpc) is 2.07. The van der Waals surface area contributed by atoms with E-state index in [4.69, 9.17) is 16.3 Å². The van der Waals surface area contributed by atoms with Crippen LogP contribution in [0, 0.1) is 0 Å². The van der Waals surface area contributed by atoms with Crippen LogP contribution in [0.1, 0.15) is 5.56 Å². The number of amides is 1. The molecule has 0 spiro atoms. The van der Waals surface area contributed by atoms with E-state index in [1.807, 2.05) is 12.1 Å². The zero-order valence-corrected chi connectivity index (χ0v) is 6.89. The minimum absolute atomic E-state index is 0.449. The van der Waals surface area contributed by atoms with E-state index in [-0.39, 0.29) is 0 Å². The van der Waals surface area contributed by atoms with Gasteiger partial charge in [-0.05, 0) is 6.07 Å². The van der Waals surface area contributed by atoms with Gasteiger partial charge in [0.2, 0.25) is 0 Å². The number of nitrogens with one attached hydrogen (secondary N) is 1. The van der Waals surface area contributed by atoms with Gasteiger partial charge >= 0.3 is 6.09 Å². The quantitative estimate of drug-likeness (QED) is 0.668. The van der Waals surface area contributed by atoms with Crippen LogP contribution >= 0.6 is 11.6 Å². The minimum atomic E-state index is -0.449. The highest BCUT2D eigenvalue weighted by molar-refractivity contribution is 6.32. The largest absolute Gasteiger partial charge is 0.412 e. The van der Waals surface area contributed by atoms with Crippen molar-refractivity contribution in [1.82, 2.24) is 5.32 Å². The van der Waals surface area contributed by atoms with Gasteiger partial charge in [-0.15, -0.1) is 0 Å². The van der Waals surface area contributed by atoms with E-state index in [0.29, 0.717) is 17.3 Å². The first-order valence-corrected chi connectivity index (χ1v) is 3.88. The lowest BCUT2D eigenvalue weighted by Gasteiger charge is -2.17. The van der Waals surface area contributed by atoms with Crippen molar-refractivity contribution in [2.24, 2.45) is 0 Å². The number of hydrogen-bond donors (Lipinski definition) is 1. The molecule has 0 atom stereocenters. The summed E-state index contributed by atoms with van der Waals surface area (Å²) in [4.78, 5) is 10.8. The van der Waals surface area contributed by atoms with Crippen LogP contribution in [0.25, 0.3) is 0 Å². The number of fused-ring (bicyclic) bond motifs is 1. The molecule has 1 heterocycles. The van der Waals surface area contributed by atoms with E-state index in [0.717, 1.165) is 5.56 Å². The fourth-order valence-corrected chi connectivity index (χ4v) is 1.34. The van der Waals surface area contributed by atoms with Gasteiger partial charge in [-0.25, -0.2) is 4.79 Å². The molecule has 1 N–H and O–H groups in total. The lowest BCUT2D eigenvalue weighted by molar-refractivity contribution is 0.194. The van der Waals surface area contributed by atoms with Crippen molar-refractivity contribution in [1.29, 1.82) is 0 Å². The molecule has 0 bridgehead atoms. The number of carbonyl (C=O) groups is 1. The molecule has 0 fully saturated rings. The number of para-hydroxylation sites is 1. The summed E-state index contributed by atoms with van der Waals surface area (Å²) in [5.41, 5.74) is 0.905. The molecule has 62 valence electrons. The van der Waals surface area contributed by atoms with Gasteiger partial charge in [-0.2, -0.15) is 0 Å². The second-order valence-electron chi connectivity index (χ2n) is 2.47. The number of ether oxygens (including phenoxy) is 1. The second kappa shape index (κ2) is 2.68. The van der Waals surface area contributed by atoms with Crippen molar-refractivity contribution in [3.05, 3.63) is 28.8 Å². The van der Waals surface area contributed by atoms with Crippen molar-refractivity contribution in [2.75, 3.05) is 0 Å². The smallest absolute Gasteiger partial charge is 0.408 e. The SMILES string of the molecule is O=C1NCc2cccc(Cl)c2O1. The molecule has 1 aliphatic heterocycles. The zero-order chi connectivity index (χ0) is 8.55. The topological polar surface area (TPSA) is 38.3 Å². The summed E-state index contributed by atoms with van der Waals surface area (Å²) in [6.45, 7) is 0.481. The van der Waals surface area contributed by atoms with Crippen LogP contribution in [0.4, 0.5) is 4.79 Å². The molecule has 4 heteroatoms. The predicted molar refractivity (Wildman–Crippen MR) is 44.3 cm³/mol. The summed E-state index contributed by atoms with van der Waals surface area (Å²) in [5, 5.41) is 3.02. The van der Waals surface area contributed by atoms with Crippen molar-refractivity contribution >= 4 is 17.7 Å². The van der Waals surface area contributed by atoms with E-state index in [9.17, 15) is 4.79 Å². The monoisotopic (exact) mass is 183 g/mol. The Hall–Kier alpha value is -1.22. The first-order valence-electron chi connectivity index (χ1n) is 3.50. The molecule has 1 aliphatic rings. The van der Waals surface area contributed by atoms with Gasteiger partial charge in [0, 0.05) is 12.1 Å². The van der Waals surface area contributed by atoms with Crippen molar-refractivity contribution in [2.45, 2.75) is 6.54 Å². The standard InChI is InChI=1S/C8H6ClNO2/c9-6-3-1-2-5-4-10-8(11)12-7(5)6/h1-3H,4H2,(H,10,11). The Morgan fingerprint density at radius 2 is 2.33 bits per heavy atom. The average molecular weight is 184 g/mol. The minimum Gasteiger partial charge on any atom is -0.408 e. The zero-order valence-electron chi connectivity index (χ0n) is 6.13. The van der Waals surface area contributed by atoms with Crippen LogP contribution < -0.4 is 10.1 Å². The Labute approximate surface area is 74.3 Å². The van der Waals surface area contributed by atoms with Gasteiger partial charge in [0.05, 0.1) is 5.02 Å². The fraction of sp³-hybridized carbons (Fsp3) is 0.125. The van der Waals surface area contributed by atoms with Gasteiger partial charge in [0.15, 0.2) is 5.75 Å². The van der Waals surface area contributed by atoms with Crippen LogP contribution in [0.3, 0.4) is 0 Å². The molecule has 0 saturated carbocycles. The van der Waals surface area contributed by atoms with Crippen LogP contribution in [0.15, 0.2) is 18.2 Å². The molecule has 12 heavy (non-hydrogen) atoms. The fourth-order valence-electron chi connectivity index (χ4n) is 1.10. The molecule has 0 radical (unpaired) electrons. The first-order chi connectivity index (χ1) is 5.77. The van der Waals surface area contributed by atoms with Crippen LogP contribution in [-0.2, 0) is 6.54 Å². The lowest BCUT2D eigenvalue weighted by Crippen LogP contribution is -2.31. The Balaban J connectivity index is 2.50. The molecule has 1 amide bonds. The van der Waals surface area contributed by atoms with Crippen LogP contribution in [0.5, 0.6) is 5.75 Å². The van der Waals surface area contributed by atoms with Crippen LogP contribution in [0.2, 0.25) is 5.02 Å². The summed E-state index contributed by atoms with van der Waals surface area (Å²) < 4.78 is 4.88. The van der Waals surface area contributed by atoms with Gasteiger partial charge in [-0.3, -0.25) is 0 Å². The number of hydrogen-bond acceptors (Lipinski definition) is 2. The van der Waals surface area contributed by atoms with Crippen molar-refractivity contribution < 1.29 is 9.53 Å². The Morgan fingerprint density at radius 3 is 3.17 bits per heavy atom. The summed E-state index contributed by atoms with van der Waals surface area (Å²) in [6, 6.07) is 5.38. The Morgan fingerprint density at radius 1 is 1.50 bits per heavy atom. The third-order valence-corrected chi connectivity index (χ3v) is 1.96. The maximum absolute atomic E-state index is 10.8. The third-order valence-electron chi connectivity index (χ3n) is 1.67. The highest BCUT2D eigenvalue weighted by Gasteiger charge is 2.17. The normalized spacial score (nSPS) is 14.6. The van der Waals surface area contributed by atoms with E-state index in [1.54, 1.807) is 6.07 Å². The molecule has 2 rings (SSSR count). The predicted octanol–water partition coefficient (Wildman–Crippen LogP) is 1.94. The maximum atomic E-state index is 10.8. The number of halogens is 1. The maximum Gasteiger partial charge on any atom is 0.412 e. The summed E-state index contributed by atoms with van der Waals surface area (Å²) in [6.07, 6.45) is -0.449. The molecule has 1 aromatic rings.